The molecule has 0 saturated carbocycles. The van der Waals surface area contributed by atoms with E-state index < -0.39 is 28.1 Å². The highest BCUT2D eigenvalue weighted by atomic mass is 35.5. The molecule has 0 saturated heterocycles. The van der Waals surface area contributed by atoms with Gasteiger partial charge in [0.1, 0.15) is 0 Å². The van der Waals surface area contributed by atoms with Gasteiger partial charge in [-0.3, -0.25) is 20.2 Å². The fourth-order valence-corrected chi connectivity index (χ4v) is 9.50. The van der Waals surface area contributed by atoms with E-state index in [1.807, 2.05) is 91.0 Å². The van der Waals surface area contributed by atoms with E-state index in [0.717, 1.165) is 22.0 Å². The number of rotatable bonds is 7. The van der Waals surface area contributed by atoms with Crippen LogP contribution in [0.5, 0.6) is 0 Å². The van der Waals surface area contributed by atoms with E-state index >= 15 is 0 Å². The topological polar surface area (TPSA) is 125 Å². The number of non-ortho nitro benzene ring substituents is 1. The summed E-state index contributed by atoms with van der Waals surface area (Å²) in [6, 6.07) is 32.1. The van der Waals surface area contributed by atoms with Crippen LogP contribution >= 0.6 is 30.1 Å². The van der Waals surface area contributed by atoms with E-state index in [1.54, 1.807) is 0 Å². The Hall–Kier alpha value is -4.43. The smallest absolute Gasteiger partial charge is 0.258 e. The van der Waals surface area contributed by atoms with Crippen LogP contribution in [0.3, 0.4) is 0 Å². The average Bonchev–Trinajstić information content (AvgIpc) is 2.96. The minimum atomic E-state index is -3.08. The Bertz CT molecular complexity index is 1670. The third kappa shape index (κ3) is 4.98. The number of aromatic nitrogens is 3. The number of hydrogen-bond acceptors (Lipinski definition) is 7. The maximum atomic E-state index is 12.5. The maximum absolute atomic E-state index is 12.5. The van der Waals surface area contributed by atoms with Gasteiger partial charge in [0.05, 0.1) is 21.5 Å². The fourth-order valence-electron chi connectivity index (χ4n) is 4.66. The third-order valence-corrected chi connectivity index (χ3v) is 10.9. The summed E-state index contributed by atoms with van der Waals surface area (Å²) in [4.78, 5) is 35.4. The van der Waals surface area contributed by atoms with E-state index in [4.69, 9.17) is 23.2 Å². The molecule has 0 spiro atoms. The van der Waals surface area contributed by atoms with E-state index in [-0.39, 0.29) is 22.0 Å². The molecule has 4 aromatic carbocycles. The fraction of sp³-hybridized carbons (Fsp3) is 0. The molecule has 12 heteroatoms. The van der Waals surface area contributed by atoms with Crippen molar-refractivity contribution in [3.8, 4) is 0 Å². The number of hydrogen-bond donors (Lipinski definition) is 0. The van der Waals surface area contributed by atoms with Gasteiger partial charge in [0, 0.05) is 11.4 Å². The highest BCUT2D eigenvalue weighted by molar-refractivity contribution is 7.96. The summed E-state index contributed by atoms with van der Waals surface area (Å²) in [5.41, 5.74) is -0.813. The molecular formula is C28H18Cl2N5O4P. The van der Waals surface area contributed by atoms with Gasteiger partial charge in [-0.15, -0.1) is 0 Å². The molecule has 0 aliphatic carbocycles. The van der Waals surface area contributed by atoms with Gasteiger partial charge in [-0.1, -0.05) is 91.0 Å². The Kier molecular flexibility index (Phi) is 7.71. The van der Waals surface area contributed by atoms with Crippen molar-refractivity contribution in [1.82, 2.24) is 15.0 Å². The second kappa shape index (κ2) is 11.4. The molecule has 0 amide bonds. The Morgan fingerprint density at radius 1 is 0.625 bits per heavy atom. The van der Waals surface area contributed by atoms with Crippen LogP contribution in [0.1, 0.15) is 11.4 Å². The van der Waals surface area contributed by atoms with Gasteiger partial charge in [0.25, 0.3) is 11.4 Å². The summed E-state index contributed by atoms with van der Waals surface area (Å²) in [5.74, 6) is 0.0202. The van der Waals surface area contributed by atoms with Gasteiger partial charge in [0.15, 0.2) is 5.82 Å². The second-order valence-electron chi connectivity index (χ2n) is 8.44. The predicted octanol–water partition coefficient (Wildman–Crippen LogP) is 5.56. The molecule has 0 atom stereocenters. The summed E-state index contributed by atoms with van der Waals surface area (Å²) < 4.78 is 0. The van der Waals surface area contributed by atoms with Gasteiger partial charge in [-0.05, 0) is 52.1 Å². The molecule has 9 nitrogen and oxygen atoms in total. The van der Waals surface area contributed by atoms with Crippen molar-refractivity contribution in [3.63, 3.8) is 0 Å². The molecule has 0 unspecified atom stereocenters. The molecule has 40 heavy (non-hydrogen) atoms. The van der Waals surface area contributed by atoms with Gasteiger partial charge in [-0.2, -0.15) is 15.0 Å². The number of benzene rings is 4. The van der Waals surface area contributed by atoms with Crippen LogP contribution in [0.2, 0.25) is 10.6 Å². The number of nitro benzene ring substituents is 2. The molecule has 5 rings (SSSR count). The Morgan fingerprint density at radius 3 is 1.48 bits per heavy atom. The van der Waals surface area contributed by atoms with Crippen molar-refractivity contribution in [1.29, 1.82) is 0 Å². The lowest BCUT2D eigenvalue weighted by Crippen LogP contribution is -2.32. The number of nitro groups is 2. The van der Waals surface area contributed by atoms with E-state index in [1.165, 1.54) is 12.1 Å². The van der Waals surface area contributed by atoms with Crippen molar-refractivity contribution in [2.45, 2.75) is 0 Å². The van der Waals surface area contributed by atoms with Crippen LogP contribution in [-0.2, 0) is 0 Å². The lowest BCUT2D eigenvalue weighted by atomic mass is 10.1. The van der Waals surface area contributed by atoms with Crippen molar-refractivity contribution in [3.05, 3.63) is 151 Å². The SMILES string of the molecule is O=[N+]([O-])c1ccc(C(c2nc(Cl)nc(Cl)n2)=P(c2ccccc2)(c2ccccc2)c2ccccc2)c([N+](=O)[O-])c1. The van der Waals surface area contributed by atoms with Crippen LogP contribution in [-0.4, -0.2) is 30.1 Å². The molecule has 198 valence electrons. The highest BCUT2D eigenvalue weighted by Crippen LogP contribution is 2.50. The van der Waals surface area contributed by atoms with E-state index in [0.29, 0.717) is 5.29 Å². The number of nitrogens with zero attached hydrogens (tertiary/aromatic N) is 5. The molecule has 1 aromatic heterocycles. The molecule has 0 aliphatic rings. The molecule has 5 aromatic rings. The first-order valence-electron chi connectivity index (χ1n) is 11.8. The van der Waals surface area contributed by atoms with Gasteiger partial charge >= 0.3 is 0 Å². The molecular weight excluding hydrogens is 572 g/mol. The average molecular weight is 590 g/mol. The zero-order valence-corrected chi connectivity index (χ0v) is 22.9. The predicted molar refractivity (Wildman–Crippen MR) is 158 cm³/mol. The summed E-state index contributed by atoms with van der Waals surface area (Å²) >= 11 is 12.5. The first kappa shape index (κ1) is 27.1. The normalized spacial score (nSPS) is 11.2. The summed E-state index contributed by atoms with van der Waals surface area (Å²) in [6.07, 6.45) is 0. The Labute approximate surface area is 238 Å². The lowest BCUT2D eigenvalue weighted by Gasteiger charge is -2.32. The molecule has 0 fully saturated rings. The monoisotopic (exact) mass is 589 g/mol. The van der Waals surface area contributed by atoms with E-state index in [9.17, 15) is 20.2 Å². The van der Waals surface area contributed by atoms with Crippen LogP contribution in [0, 0.1) is 20.2 Å². The van der Waals surface area contributed by atoms with E-state index in [2.05, 4.69) is 15.0 Å². The first-order valence-corrected chi connectivity index (χ1v) is 14.3. The van der Waals surface area contributed by atoms with Crippen molar-refractivity contribution in [2.75, 3.05) is 0 Å². The zero-order valence-electron chi connectivity index (χ0n) is 20.5. The second-order valence-corrected chi connectivity index (χ2v) is 12.5. The summed E-state index contributed by atoms with van der Waals surface area (Å²) in [5, 5.41) is 26.5. The third-order valence-electron chi connectivity index (χ3n) is 6.20. The standard InChI is InChI=1S/C28H18Cl2N5O4P/c29-27-31-26(32-28(30)33-27)25(23-17-16-19(34(36)37)18-24(23)35(38)39)40(20-10-4-1-5-11-20,21-12-6-2-7-13-21)22-14-8-3-9-15-22/h1-18H. The molecule has 0 aliphatic heterocycles. The first-order chi connectivity index (χ1) is 19.3. The van der Waals surface area contributed by atoms with Crippen LogP contribution in [0.4, 0.5) is 11.4 Å². The van der Waals surface area contributed by atoms with Gasteiger partial charge < -0.3 is 0 Å². The van der Waals surface area contributed by atoms with Crippen LogP contribution in [0.25, 0.3) is 0 Å². The van der Waals surface area contributed by atoms with Crippen molar-refractivity contribution in [2.24, 2.45) is 0 Å². The Balaban J connectivity index is 2.16. The van der Waals surface area contributed by atoms with Crippen molar-refractivity contribution >= 4 is 62.7 Å². The van der Waals surface area contributed by atoms with Gasteiger partial charge in [0.2, 0.25) is 10.6 Å². The van der Waals surface area contributed by atoms with Gasteiger partial charge in [-0.25, -0.2) is 0 Å². The minimum absolute atomic E-state index is 0.0202. The molecule has 1 heterocycles. The molecule has 0 bridgehead atoms. The molecule has 0 radical (unpaired) electrons. The summed E-state index contributed by atoms with van der Waals surface area (Å²) in [7, 11) is 0. The minimum Gasteiger partial charge on any atom is -0.258 e. The number of halogens is 2. The lowest BCUT2D eigenvalue weighted by molar-refractivity contribution is -0.394. The quantitative estimate of drug-likeness (QED) is 0.138. The van der Waals surface area contributed by atoms with Crippen molar-refractivity contribution < 1.29 is 9.85 Å². The highest BCUT2D eigenvalue weighted by Gasteiger charge is 2.36. The largest absolute Gasteiger partial charge is 0.284 e. The summed E-state index contributed by atoms with van der Waals surface area (Å²) in [6.45, 7) is -3.08. The zero-order chi connectivity index (χ0) is 28.3. The van der Waals surface area contributed by atoms with Crippen LogP contribution < -0.4 is 15.9 Å². The molecule has 0 N–H and O–H groups in total. The van der Waals surface area contributed by atoms with Crippen LogP contribution in [0.15, 0.2) is 109 Å². The maximum Gasteiger partial charge on any atom is 0.284 e. The Morgan fingerprint density at radius 2 is 1.07 bits per heavy atom.